The standard InChI is InChI=1S/C30H24N4O10/c35-17-28(42,24(38)19-6-2-10-32-14-19)30(44,26(40)21-8-4-12-34-16-21)29(43,25(39)20-7-3-11-33-15-20)27(41)23(37)22(36)18-5-1-9-31-13-18/h1-16,23,35,37,42-44H,17H2/t23?,28-,29+,30+/m0/s1. The largest absolute Gasteiger partial charge is 0.393 e. The van der Waals surface area contributed by atoms with E-state index in [9.17, 15) is 49.5 Å². The van der Waals surface area contributed by atoms with Gasteiger partial charge in [-0.2, -0.15) is 0 Å². The van der Waals surface area contributed by atoms with E-state index in [1.165, 1.54) is 49.1 Å². The smallest absolute Gasteiger partial charge is 0.229 e. The number of Topliss-reactive ketones (excluding diaryl/α,β-unsaturated/α-hetero) is 5. The molecular formula is C30H24N4O10. The molecule has 224 valence electrons. The molecule has 0 amide bonds. The van der Waals surface area contributed by atoms with E-state index in [4.69, 9.17) is 0 Å². The Hall–Kier alpha value is -5.25. The number of ketones is 5. The molecule has 0 aliphatic heterocycles. The van der Waals surface area contributed by atoms with Gasteiger partial charge in [0.15, 0.2) is 11.7 Å². The van der Waals surface area contributed by atoms with Gasteiger partial charge in [0.25, 0.3) is 0 Å². The molecule has 4 aromatic heterocycles. The summed E-state index contributed by atoms with van der Waals surface area (Å²) in [4.78, 5) is 84.1. The molecule has 4 aromatic rings. The fraction of sp³-hybridized carbons (Fsp3) is 0.167. The highest BCUT2D eigenvalue weighted by Gasteiger charge is 2.75. The van der Waals surface area contributed by atoms with Crippen LogP contribution in [0.15, 0.2) is 98.1 Å². The van der Waals surface area contributed by atoms with Crippen LogP contribution in [0.2, 0.25) is 0 Å². The van der Waals surface area contributed by atoms with Gasteiger partial charge in [-0.1, -0.05) is 0 Å². The van der Waals surface area contributed by atoms with Crippen LogP contribution in [0, 0.1) is 0 Å². The minimum absolute atomic E-state index is 0.379. The highest BCUT2D eigenvalue weighted by molar-refractivity contribution is 6.30. The van der Waals surface area contributed by atoms with Crippen molar-refractivity contribution in [2.45, 2.75) is 22.9 Å². The second-order valence-electron chi connectivity index (χ2n) is 9.52. The number of carbonyl (C=O) groups is 5. The molecule has 0 saturated heterocycles. The molecule has 0 spiro atoms. The van der Waals surface area contributed by atoms with Gasteiger partial charge in [-0.15, -0.1) is 0 Å². The summed E-state index contributed by atoms with van der Waals surface area (Å²) in [5.41, 5.74) is -14.8. The second kappa shape index (κ2) is 12.5. The Balaban J connectivity index is 2.07. The number of aromatic nitrogens is 4. The number of aliphatic hydroxyl groups is 5. The molecule has 0 aliphatic rings. The first-order chi connectivity index (χ1) is 20.9. The molecule has 14 heteroatoms. The summed E-state index contributed by atoms with van der Waals surface area (Å²) >= 11 is 0. The Morgan fingerprint density at radius 2 is 1.00 bits per heavy atom. The molecule has 1 unspecified atom stereocenters. The first-order valence-corrected chi connectivity index (χ1v) is 12.7. The molecule has 14 nitrogen and oxygen atoms in total. The van der Waals surface area contributed by atoms with Crippen LogP contribution in [0.25, 0.3) is 0 Å². The van der Waals surface area contributed by atoms with Gasteiger partial charge in [0, 0.05) is 71.8 Å². The van der Waals surface area contributed by atoms with Gasteiger partial charge in [-0.05, 0) is 48.5 Å². The number of nitrogens with zero attached hydrogens (tertiary/aromatic N) is 4. The quantitative estimate of drug-likeness (QED) is 0.0934. The third kappa shape index (κ3) is 5.12. The monoisotopic (exact) mass is 600 g/mol. The lowest BCUT2D eigenvalue weighted by atomic mass is 9.60. The van der Waals surface area contributed by atoms with Crippen LogP contribution in [0.1, 0.15) is 41.4 Å². The van der Waals surface area contributed by atoms with Gasteiger partial charge >= 0.3 is 0 Å². The molecule has 0 aliphatic carbocycles. The third-order valence-corrected chi connectivity index (χ3v) is 6.95. The van der Waals surface area contributed by atoms with Crippen molar-refractivity contribution in [1.29, 1.82) is 0 Å². The summed E-state index contributed by atoms with van der Waals surface area (Å²) in [6, 6.07) is 9.06. The van der Waals surface area contributed by atoms with E-state index in [0.29, 0.717) is 0 Å². The molecule has 4 heterocycles. The van der Waals surface area contributed by atoms with Gasteiger partial charge in [0.1, 0.15) is 0 Å². The maximum absolute atomic E-state index is 14.2. The maximum Gasteiger partial charge on any atom is 0.229 e. The molecule has 0 fully saturated rings. The number of pyridine rings is 4. The van der Waals surface area contributed by atoms with Crippen molar-refractivity contribution in [3.05, 3.63) is 120 Å². The Morgan fingerprint density at radius 3 is 1.39 bits per heavy atom. The lowest BCUT2D eigenvalue weighted by Crippen LogP contribution is -2.81. The van der Waals surface area contributed by atoms with Crippen LogP contribution in [-0.2, 0) is 4.79 Å². The topological polar surface area (TPSA) is 238 Å². The predicted molar refractivity (Wildman–Crippen MR) is 147 cm³/mol. The van der Waals surface area contributed by atoms with Crippen LogP contribution < -0.4 is 0 Å². The van der Waals surface area contributed by atoms with Crippen LogP contribution in [0.3, 0.4) is 0 Å². The number of carbonyl (C=O) groups excluding carboxylic acids is 5. The first-order valence-electron chi connectivity index (χ1n) is 12.7. The predicted octanol–water partition coefficient (Wildman–Crippen LogP) is -0.786. The van der Waals surface area contributed by atoms with E-state index in [1.807, 2.05) is 0 Å². The normalized spacial score (nSPS) is 15.9. The molecule has 4 atom stereocenters. The lowest BCUT2D eigenvalue weighted by molar-refractivity contribution is -0.198. The van der Waals surface area contributed by atoms with Gasteiger partial charge in [0.2, 0.25) is 40.1 Å². The van der Waals surface area contributed by atoms with Crippen LogP contribution in [0.5, 0.6) is 0 Å². The van der Waals surface area contributed by atoms with E-state index in [2.05, 4.69) is 19.9 Å². The fourth-order valence-electron chi connectivity index (χ4n) is 4.59. The zero-order valence-corrected chi connectivity index (χ0v) is 22.6. The Morgan fingerprint density at radius 1 is 0.614 bits per heavy atom. The second-order valence-corrected chi connectivity index (χ2v) is 9.52. The van der Waals surface area contributed by atoms with E-state index in [1.54, 1.807) is 0 Å². The molecule has 0 bridgehead atoms. The molecule has 44 heavy (non-hydrogen) atoms. The number of hydrogen-bond donors (Lipinski definition) is 5. The summed E-state index contributed by atoms with van der Waals surface area (Å²) in [7, 11) is 0. The fourth-order valence-corrected chi connectivity index (χ4v) is 4.59. The molecular weight excluding hydrogens is 576 g/mol. The molecule has 0 aromatic carbocycles. The maximum atomic E-state index is 14.2. The van der Waals surface area contributed by atoms with Crippen LogP contribution in [-0.4, -0.2) is 104 Å². The van der Waals surface area contributed by atoms with E-state index in [-0.39, 0.29) is 5.56 Å². The van der Waals surface area contributed by atoms with E-state index < -0.39 is 75.1 Å². The molecule has 0 radical (unpaired) electrons. The van der Waals surface area contributed by atoms with Gasteiger partial charge in [0.05, 0.1) is 6.61 Å². The summed E-state index contributed by atoms with van der Waals surface area (Å²) in [6.45, 7) is -1.87. The first kappa shape index (κ1) is 31.7. The van der Waals surface area contributed by atoms with Gasteiger partial charge in [-0.25, -0.2) is 0 Å². The third-order valence-electron chi connectivity index (χ3n) is 6.95. The van der Waals surface area contributed by atoms with Crippen molar-refractivity contribution in [2.24, 2.45) is 0 Å². The molecule has 4 rings (SSSR count). The van der Waals surface area contributed by atoms with Crippen molar-refractivity contribution >= 4 is 28.9 Å². The van der Waals surface area contributed by atoms with Crippen molar-refractivity contribution in [1.82, 2.24) is 19.9 Å². The SMILES string of the molecule is O=C(c1cccnc1)C(O)C(=O)[C@](O)(C(=O)c1cccnc1)[C@@](O)(C(=O)c1cccnc1)[C@](O)(CO)C(=O)c1cccnc1. The van der Waals surface area contributed by atoms with Crippen LogP contribution in [0.4, 0.5) is 0 Å². The Kier molecular flexibility index (Phi) is 9.03. The van der Waals surface area contributed by atoms with Crippen LogP contribution >= 0.6 is 0 Å². The molecule has 5 N–H and O–H groups in total. The zero-order valence-electron chi connectivity index (χ0n) is 22.6. The number of hydrogen-bond acceptors (Lipinski definition) is 14. The Bertz CT molecular complexity index is 1690. The highest BCUT2D eigenvalue weighted by atomic mass is 16.4. The lowest BCUT2D eigenvalue weighted by Gasteiger charge is -2.48. The van der Waals surface area contributed by atoms with Crippen molar-refractivity contribution < 1.29 is 49.5 Å². The number of rotatable bonds is 13. The Labute approximate surface area is 248 Å². The summed E-state index contributed by atoms with van der Waals surface area (Å²) in [5, 5.41) is 57.8. The van der Waals surface area contributed by atoms with Crippen molar-refractivity contribution in [3.63, 3.8) is 0 Å². The average Bonchev–Trinajstić information content (AvgIpc) is 3.09. The van der Waals surface area contributed by atoms with Crippen molar-refractivity contribution in [2.75, 3.05) is 6.61 Å². The number of aliphatic hydroxyl groups excluding tert-OH is 2. The van der Waals surface area contributed by atoms with Gasteiger partial charge in [-0.3, -0.25) is 43.9 Å². The van der Waals surface area contributed by atoms with Crippen molar-refractivity contribution in [3.8, 4) is 0 Å². The summed E-state index contributed by atoms with van der Waals surface area (Å²) in [5.74, 6) is -9.02. The van der Waals surface area contributed by atoms with Gasteiger partial charge < -0.3 is 25.5 Å². The average molecular weight is 601 g/mol. The highest BCUT2D eigenvalue weighted by Crippen LogP contribution is 2.42. The van der Waals surface area contributed by atoms with E-state index in [0.717, 1.165) is 49.1 Å². The summed E-state index contributed by atoms with van der Waals surface area (Å²) in [6.07, 6.45) is 5.37. The van der Waals surface area contributed by atoms with E-state index >= 15 is 0 Å². The minimum atomic E-state index is -4.35. The zero-order chi connectivity index (χ0) is 32.1. The molecule has 0 saturated carbocycles. The minimum Gasteiger partial charge on any atom is -0.393 e. The summed E-state index contributed by atoms with van der Waals surface area (Å²) < 4.78 is 0.